The molecule has 0 saturated carbocycles. The summed E-state index contributed by atoms with van der Waals surface area (Å²) in [4.78, 5) is 4.48. The summed E-state index contributed by atoms with van der Waals surface area (Å²) in [6.45, 7) is 0. The van der Waals surface area contributed by atoms with Crippen LogP contribution in [0.3, 0.4) is 0 Å². The van der Waals surface area contributed by atoms with E-state index in [1.54, 1.807) is 30.5 Å². The van der Waals surface area contributed by atoms with E-state index in [1.807, 2.05) is 30.3 Å². The van der Waals surface area contributed by atoms with Gasteiger partial charge in [0.2, 0.25) is 0 Å². The molecule has 2 N–H and O–H groups in total. The van der Waals surface area contributed by atoms with E-state index in [-0.39, 0.29) is 17.4 Å². The SMILES string of the molecule is COc1cc(C(c2ccc(O)c(OC)c2)c2ccccn2)ccc1O. The van der Waals surface area contributed by atoms with E-state index in [4.69, 9.17) is 9.47 Å². The van der Waals surface area contributed by atoms with Crippen LogP contribution >= 0.6 is 0 Å². The number of methoxy groups -OCH3 is 2. The first-order valence-electron chi connectivity index (χ1n) is 7.78. The Balaban J connectivity index is 2.17. The zero-order valence-corrected chi connectivity index (χ0v) is 14.0. The number of rotatable bonds is 5. The number of benzene rings is 2. The van der Waals surface area contributed by atoms with Crippen LogP contribution in [0.5, 0.6) is 23.0 Å². The van der Waals surface area contributed by atoms with Crippen LogP contribution in [0.1, 0.15) is 22.7 Å². The highest BCUT2D eigenvalue weighted by Crippen LogP contribution is 2.38. The highest BCUT2D eigenvalue weighted by atomic mass is 16.5. The van der Waals surface area contributed by atoms with Crippen molar-refractivity contribution in [1.29, 1.82) is 0 Å². The molecule has 0 fully saturated rings. The Hall–Kier alpha value is -3.21. The molecule has 0 aliphatic heterocycles. The fraction of sp³-hybridized carbons (Fsp3) is 0.150. The molecule has 3 aromatic rings. The molecule has 0 bridgehead atoms. The largest absolute Gasteiger partial charge is 0.504 e. The molecule has 2 aromatic carbocycles. The van der Waals surface area contributed by atoms with E-state index < -0.39 is 0 Å². The molecular weight excluding hydrogens is 318 g/mol. The summed E-state index contributed by atoms with van der Waals surface area (Å²) >= 11 is 0. The highest BCUT2D eigenvalue weighted by molar-refractivity contribution is 5.51. The number of ether oxygens (including phenoxy) is 2. The molecule has 5 heteroatoms. The number of phenols is 2. The molecule has 128 valence electrons. The predicted molar refractivity (Wildman–Crippen MR) is 94.5 cm³/mol. The summed E-state index contributed by atoms with van der Waals surface area (Å²) in [6.07, 6.45) is 1.73. The first kappa shape index (κ1) is 16.6. The number of aromatic hydroxyl groups is 2. The average molecular weight is 337 g/mol. The van der Waals surface area contributed by atoms with Crippen molar-refractivity contribution in [1.82, 2.24) is 4.98 Å². The van der Waals surface area contributed by atoms with Crippen molar-refractivity contribution in [3.8, 4) is 23.0 Å². The van der Waals surface area contributed by atoms with Gasteiger partial charge in [0.15, 0.2) is 23.0 Å². The molecule has 3 rings (SSSR count). The smallest absolute Gasteiger partial charge is 0.160 e. The molecule has 25 heavy (non-hydrogen) atoms. The maximum absolute atomic E-state index is 9.88. The zero-order valence-electron chi connectivity index (χ0n) is 14.0. The number of hydrogen-bond donors (Lipinski definition) is 2. The van der Waals surface area contributed by atoms with Crippen LogP contribution < -0.4 is 9.47 Å². The molecule has 1 aromatic heterocycles. The van der Waals surface area contributed by atoms with Crippen LogP contribution in [0, 0.1) is 0 Å². The van der Waals surface area contributed by atoms with Crippen LogP contribution in [0.4, 0.5) is 0 Å². The molecule has 0 spiro atoms. The van der Waals surface area contributed by atoms with Gasteiger partial charge < -0.3 is 19.7 Å². The maximum atomic E-state index is 9.88. The maximum Gasteiger partial charge on any atom is 0.160 e. The van der Waals surface area contributed by atoms with E-state index >= 15 is 0 Å². The Morgan fingerprint density at radius 2 is 1.36 bits per heavy atom. The lowest BCUT2D eigenvalue weighted by atomic mass is 9.87. The molecule has 0 saturated heterocycles. The Morgan fingerprint density at radius 1 is 0.800 bits per heavy atom. The minimum atomic E-state index is -0.204. The monoisotopic (exact) mass is 337 g/mol. The Kier molecular flexibility index (Phi) is 4.75. The molecule has 0 aliphatic carbocycles. The van der Waals surface area contributed by atoms with Crippen molar-refractivity contribution < 1.29 is 19.7 Å². The molecule has 0 radical (unpaired) electrons. The van der Waals surface area contributed by atoms with Gasteiger partial charge in [-0.1, -0.05) is 18.2 Å². The summed E-state index contributed by atoms with van der Waals surface area (Å²) in [7, 11) is 3.02. The van der Waals surface area contributed by atoms with E-state index in [2.05, 4.69) is 4.98 Å². The van der Waals surface area contributed by atoms with Gasteiger partial charge in [-0.2, -0.15) is 0 Å². The molecular formula is C20H19NO4. The van der Waals surface area contributed by atoms with E-state index in [9.17, 15) is 10.2 Å². The molecule has 0 unspecified atom stereocenters. The van der Waals surface area contributed by atoms with Crippen LogP contribution in [-0.2, 0) is 0 Å². The topological polar surface area (TPSA) is 71.8 Å². The zero-order chi connectivity index (χ0) is 17.8. The lowest BCUT2D eigenvalue weighted by Gasteiger charge is -2.19. The van der Waals surface area contributed by atoms with Crippen LogP contribution in [-0.4, -0.2) is 29.4 Å². The van der Waals surface area contributed by atoms with Gasteiger partial charge in [0.05, 0.1) is 25.8 Å². The van der Waals surface area contributed by atoms with Crippen molar-refractivity contribution in [3.63, 3.8) is 0 Å². The Morgan fingerprint density at radius 3 is 1.80 bits per heavy atom. The Bertz CT molecular complexity index is 811. The van der Waals surface area contributed by atoms with Gasteiger partial charge in [-0.05, 0) is 47.5 Å². The quantitative estimate of drug-likeness (QED) is 0.743. The molecule has 0 aliphatic rings. The third-order valence-electron chi connectivity index (χ3n) is 4.06. The first-order valence-corrected chi connectivity index (χ1v) is 7.78. The first-order chi connectivity index (χ1) is 12.1. The van der Waals surface area contributed by atoms with Crippen molar-refractivity contribution in [2.24, 2.45) is 0 Å². The standard InChI is InChI=1S/C20H19NO4/c1-24-18-11-13(6-8-16(18)22)20(15-5-3-4-10-21-15)14-7-9-17(23)19(12-14)25-2/h3-12,20,22-23H,1-2H3. The van der Waals surface area contributed by atoms with Crippen LogP contribution in [0.2, 0.25) is 0 Å². The van der Waals surface area contributed by atoms with Gasteiger partial charge in [-0.3, -0.25) is 4.98 Å². The summed E-state index contributed by atoms with van der Waals surface area (Å²) in [6, 6.07) is 16.1. The number of aromatic nitrogens is 1. The van der Waals surface area contributed by atoms with Crippen LogP contribution in [0.15, 0.2) is 60.8 Å². The summed E-state index contributed by atoms with van der Waals surface area (Å²) in [5.41, 5.74) is 2.64. The minimum Gasteiger partial charge on any atom is -0.504 e. The predicted octanol–water partition coefficient (Wildman–Crippen LogP) is 3.69. The molecule has 5 nitrogen and oxygen atoms in total. The van der Waals surface area contributed by atoms with Crippen LogP contribution in [0.25, 0.3) is 0 Å². The van der Waals surface area contributed by atoms with Gasteiger partial charge >= 0.3 is 0 Å². The van der Waals surface area contributed by atoms with Gasteiger partial charge in [-0.15, -0.1) is 0 Å². The number of pyridine rings is 1. The van der Waals surface area contributed by atoms with E-state index in [0.29, 0.717) is 11.5 Å². The molecule has 0 atom stereocenters. The number of hydrogen-bond acceptors (Lipinski definition) is 5. The lowest BCUT2D eigenvalue weighted by molar-refractivity contribution is 0.372. The average Bonchev–Trinajstić information content (AvgIpc) is 2.65. The molecule has 1 heterocycles. The summed E-state index contributed by atoms with van der Waals surface area (Å²) in [5.74, 6) is 0.738. The normalized spacial score (nSPS) is 10.7. The van der Waals surface area contributed by atoms with Crippen molar-refractivity contribution in [2.45, 2.75) is 5.92 Å². The fourth-order valence-corrected chi connectivity index (χ4v) is 2.83. The number of nitrogens with zero attached hydrogens (tertiary/aromatic N) is 1. The van der Waals surface area contributed by atoms with Crippen molar-refractivity contribution in [3.05, 3.63) is 77.6 Å². The summed E-state index contributed by atoms with van der Waals surface area (Å²) in [5, 5.41) is 19.8. The lowest BCUT2D eigenvalue weighted by Crippen LogP contribution is -2.06. The summed E-state index contributed by atoms with van der Waals surface area (Å²) < 4.78 is 10.5. The molecule has 0 amide bonds. The Labute approximate surface area is 146 Å². The van der Waals surface area contributed by atoms with Gasteiger partial charge in [-0.25, -0.2) is 0 Å². The third-order valence-corrected chi connectivity index (χ3v) is 4.06. The third kappa shape index (κ3) is 3.35. The van der Waals surface area contributed by atoms with Gasteiger partial charge in [0.1, 0.15) is 0 Å². The van der Waals surface area contributed by atoms with E-state index in [1.165, 1.54) is 14.2 Å². The minimum absolute atomic E-state index is 0.0781. The van der Waals surface area contributed by atoms with Crippen molar-refractivity contribution in [2.75, 3.05) is 14.2 Å². The second kappa shape index (κ2) is 7.13. The highest BCUT2D eigenvalue weighted by Gasteiger charge is 2.21. The van der Waals surface area contributed by atoms with Crippen molar-refractivity contribution >= 4 is 0 Å². The van der Waals surface area contributed by atoms with Gasteiger partial charge in [0.25, 0.3) is 0 Å². The fourth-order valence-electron chi connectivity index (χ4n) is 2.83. The van der Waals surface area contributed by atoms with Gasteiger partial charge in [0, 0.05) is 6.20 Å². The van der Waals surface area contributed by atoms with E-state index in [0.717, 1.165) is 16.8 Å². The second-order valence-corrected chi connectivity index (χ2v) is 5.55. The number of phenolic OH excluding ortho intramolecular Hbond substituents is 2. The second-order valence-electron chi connectivity index (χ2n) is 5.55.